The lowest BCUT2D eigenvalue weighted by Gasteiger charge is -2.39. The number of hydrogen-bond acceptors (Lipinski definition) is 4. The number of ether oxygens (including phenoxy) is 3. The number of hydrogen-bond donors (Lipinski definition) is 0. The highest BCUT2D eigenvalue weighted by Crippen LogP contribution is 2.30. The summed E-state index contributed by atoms with van der Waals surface area (Å²) in [5.74, 6) is -0.426. The Morgan fingerprint density at radius 3 is 2.22 bits per heavy atom. The summed E-state index contributed by atoms with van der Waals surface area (Å²) in [6.07, 6.45) is 0. The highest BCUT2D eigenvalue weighted by Gasteiger charge is 2.43. The topological polar surface area (TPSA) is 44.8 Å². The van der Waals surface area contributed by atoms with Gasteiger partial charge in [-0.1, -0.05) is 18.2 Å². The number of rotatable bonds is 2. The monoisotopic (exact) mass is 250 g/mol. The van der Waals surface area contributed by atoms with Crippen LogP contribution in [-0.2, 0) is 14.3 Å². The van der Waals surface area contributed by atoms with Crippen molar-refractivity contribution in [3.8, 4) is 5.75 Å². The van der Waals surface area contributed by atoms with Crippen molar-refractivity contribution in [1.29, 1.82) is 0 Å². The summed E-state index contributed by atoms with van der Waals surface area (Å²) in [5.41, 5.74) is -0.759. The third-order valence-electron chi connectivity index (χ3n) is 2.92. The van der Waals surface area contributed by atoms with Crippen molar-refractivity contribution in [1.82, 2.24) is 0 Å². The molecule has 0 amide bonds. The fourth-order valence-electron chi connectivity index (χ4n) is 1.59. The smallest absolute Gasteiger partial charge is 0.321 e. The van der Waals surface area contributed by atoms with Crippen LogP contribution in [0.4, 0.5) is 0 Å². The highest BCUT2D eigenvalue weighted by atomic mass is 16.7. The van der Waals surface area contributed by atoms with Crippen molar-refractivity contribution in [2.24, 2.45) is 5.41 Å². The Bertz CT molecular complexity index is 415. The van der Waals surface area contributed by atoms with Gasteiger partial charge in [-0.15, -0.1) is 0 Å². The maximum atomic E-state index is 12.1. The fourth-order valence-corrected chi connectivity index (χ4v) is 1.59. The lowest BCUT2D eigenvalue weighted by Crippen LogP contribution is -2.50. The van der Waals surface area contributed by atoms with Crippen LogP contribution in [0.15, 0.2) is 30.3 Å². The average Bonchev–Trinajstić information content (AvgIpc) is 2.35. The second-order valence-electron chi connectivity index (χ2n) is 5.24. The zero-order chi connectivity index (χ0) is 13.2. The second-order valence-corrected chi connectivity index (χ2v) is 5.24. The molecule has 1 aromatic rings. The van der Waals surface area contributed by atoms with Gasteiger partial charge in [0.1, 0.15) is 11.2 Å². The van der Waals surface area contributed by atoms with Crippen molar-refractivity contribution < 1.29 is 19.0 Å². The molecule has 0 aliphatic carbocycles. The van der Waals surface area contributed by atoms with Crippen molar-refractivity contribution in [2.45, 2.75) is 26.6 Å². The summed E-state index contributed by atoms with van der Waals surface area (Å²) < 4.78 is 16.4. The van der Waals surface area contributed by atoms with Gasteiger partial charge in [0.2, 0.25) is 0 Å². The molecule has 1 saturated heterocycles. The van der Waals surface area contributed by atoms with E-state index < -0.39 is 11.2 Å². The van der Waals surface area contributed by atoms with Crippen LogP contribution in [-0.4, -0.2) is 25.0 Å². The molecule has 0 N–H and O–H groups in total. The molecule has 0 unspecified atom stereocenters. The van der Waals surface area contributed by atoms with E-state index in [0.717, 1.165) is 0 Å². The molecular formula is C14H18O4. The van der Waals surface area contributed by atoms with E-state index in [1.807, 2.05) is 32.0 Å². The molecule has 0 atom stereocenters. The summed E-state index contributed by atoms with van der Waals surface area (Å²) in [7, 11) is 0. The van der Waals surface area contributed by atoms with Crippen LogP contribution in [0.2, 0.25) is 0 Å². The van der Waals surface area contributed by atoms with Crippen LogP contribution in [0.5, 0.6) is 5.75 Å². The van der Waals surface area contributed by atoms with Gasteiger partial charge in [0.15, 0.2) is 5.79 Å². The average molecular weight is 250 g/mol. The molecule has 18 heavy (non-hydrogen) atoms. The van der Waals surface area contributed by atoms with E-state index in [1.165, 1.54) is 0 Å². The fraction of sp³-hybridized carbons (Fsp3) is 0.500. The first-order chi connectivity index (χ1) is 8.41. The maximum absolute atomic E-state index is 12.1. The van der Waals surface area contributed by atoms with Crippen LogP contribution >= 0.6 is 0 Å². The van der Waals surface area contributed by atoms with Gasteiger partial charge >= 0.3 is 5.97 Å². The normalized spacial score (nSPS) is 21.3. The molecule has 0 spiro atoms. The van der Waals surface area contributed by atoms with Gasteiger partial charge in [0.25, 0.3) is 0 Å². The predicted molar refractivity (Wildman–Crippen MR) is 66.2 cm³/mol. The van der Waals surface area contributed by atoms with E-state index >= 15 is 0 Å². The first kappa shape index (κ1) is 13.1. The number of benzene rings is 1. The Labute approximate surface area is 107 Å². The summed E-state index contributed by atoms with van der Waals surface area (Å²) in [5, 5.41) is 0. The summed E-state index contributed by atoms with van der Waals surface area (Å²) >= 11 is 0. The molecule has 0 aromatic heterocycles. The summed E-state index contributed by atoms with van der Waals surface area (Å²) in [4.78, 5) is 12.1. The zero-order valence-corrected chi connectivity index (χ0v) is 10.9. The van der Waals surface area contributed by atoms with Crippen LogP contribution in [0.3, 0.4) is 0 Å². The molecule has 4 nitrogen and oxygen atoms in total. The molecule has 0 bridgehead atoms. The molecule has 1 fully saturated rings. The van der Waals surface area contributed by atoms with Gasteiger partial charge in [-0.25, -0.2) is 0 Å². The Balaban J connectivity index is 2.01. The molecule has 0 radical (unpaired) electrons. The third kappa shape index (κ3) is 2.89. The van der Waals surface area contributed by atoms with E-state index in [9.17, 15) is 4.79 Å². The van der Waals surface area contributed by atoms with E-state index in [-0.39, 0.29) is 5.97 Å². The SMILES string of the molecule is CC1(C)OCC(C)(C(=O)Oc2ccccc2)CO1. The minimum atomic E-state index is -0.759. The maximum Gasteiger partial charge on any atom is 0.321 e. The van der Waals surface area contributed by atoms with Gasteiger partial charge in [0, 0.05) is 0 Å². The Hall–Kier alpha value is -1.39. The van der Waals surface area contributed by atoms with Gasteiger partial charge in [0.05, 0.1) is 13.2 Å². The standard InChI is InChI=1S/C14H18O4/c1-13(2)16-9-14(3,10-17-13)12(15)18-11-7-5-4-6-8-11/h4-8H,9-10H2,1-3H3. The van der Waals surface area contributed by atoms with Crippen LogP contribution in [0.25, 0.3) is 0 Å². The first-order valence-corrected chi connectivity index (χ1v) is 5.97. The van der Waals surface area contributed by atoms with Gasteiger partial charge < -0.3 is 14.2 Å². The lowest BCUT2D eigenvalue weighted by molar-refractivity contribution is -0.279. The number of carbonyl (C=O) groups excluding carboxylic acids is 1. The van der Waals surface area contributed by atoms with Crippen LogP contribution in [0.1, 0.15) is 20.8 Å². The number of carbonyl (C=O) groups is 1. The first-order valence-electron chi connectivity index (χ1n) is 5.97. The van der Waals surface area contributed by atoms with Gasteiger partial charge in [-0.3, -0.25) is 4.79 Å². The van der Waals surface area contributed by atoms with E-state index in [0.29, 0.717) is 19.0 Å². The van der Waals surface area contributed by atoms with E-state index in [2.05, 4.69) is 0 Å². The molecule has 1 aliphatic heterocycles. The molecule has 98 valence electrons. The molecule has 1 heterocycles. The lowest BCUT2D eigenvalue weighted by atomic mass is 9.92. The molecule has 0 saturated carbocycles. The zero-order valence-electron chi connectivity index (χ0n) is 10.9. The largest absolute Gasteiger partial charge is 0.426 e. The summed E-state index contributed by atoms with van der Waals surface area (Å²) in [6, 6.07) is 9.00. The third-order valence-corrected chi connectivity index (χ3v) is 2.92. The predicted octanol–water partition coefficient (Wildman–Crippen LogP) is 2.38. The van der Waals surface area contributed by atoms with Gasteiger partial charge in [-0.05, 0) is 32.9 Å². The molecule has 1 aliphatic rings. The molecular weight excluding hydrogens is 232 g/mol. The molecule has 2 rings (SSSR count). The van der Waals surface area contributed by atoms with Crippen molar-refractivity contribution in [3.05, 3.63) is 30.3 Å². The molecule has 1 aromatic carbocycles. The minimum Gasteiger partial charge on any atom is -0.426 e. The van der Waals surface area contributed by atoms with Crippen molar-refractivity contribution >= 4 is 5.97 Å². The minimum absolute atomic E-state index is 0.297. The van der Waals surface area contributed by atoms with Crippen LogP contribution < -0.4 is 4.74 Å². The van der Waals surface area contributed by atoms with Crippen molar-refractivity contribution in [3.63, 3.8) is 0 Å². The van der Waals surface area contributed by atoms with Crippen molar-refractivity contribution in [2.75, 3.05) is 13.2 Å². The quantitative estimate of drug-likeness (QED) is 0.597. The van der Waals surface area contributed by atoms with Crippen LogP contribution in [0, 0.1) is 5.41 Å². The Kier molecular flexibility index (Phi) is 3.41. The molecule has 4 heteroatoms. The Morgan fingerprint density at radius 2 is 1.67 bits per heavy atom. The van der Waals surface area contributed by atoms with Gasteiger partial charge in [-0.2, -0.15) is 0 Å². The van der Waals surface area contributed by atoms with E-state index in [1.54, 1.807) is 19.1 Å². The Morgan fingerprint density at radius 1 is 1.11 bits per heavy atom. The van der Waals surface area contributed by atoms with E-state index in [4.69, 9.17) is 14.2 Å². The second kappa shape index (κ2) is 4.71. The number of esters is 1. The summed E-state index contributed by atoms with van der Waals surface area (Å²) in [6.45, 7) is 6.04. The highest BCUT2D eigenvalue weighted by molar-refractivity contribution is 5.79. The number of para-hydroxylation sites is 1.